The Balaban J connectivity index is 1.81. The van der Waals surface area contributed by atoms with Gasteiger partial charge in [0, 0.05) is 6.07 Å². The first-order chi connectivity index (χ1) is 11.1. The van der Waals surface area contributed by atoms with Gasteiger partial charge in [-0.15, -0.1) is 0 Å². The van der Waals surface area contributed by atoms with E-state index in [2.05, 4.69) is 13.8 Å². The topological polar surface area (TPSA) is 18.5 Å². The number of aryl methyl sites for hydroxylation is 3. The number of benzene rings is 3. The number of hydrogen-bond acceptors (Lipinski definition) is 2. The second kappa shape index (κ2) is 6.57. The van der Waals surface area contributed by atoms with Gasteiger partial charge in [0.05, 0.1) is 0 Å². The summed E-state index contributed by atoms with van der Waals surface area (Å²) < 4.78 is 11.9. The van der Waals surface area contributed by atoms with E-state index >= 15 is 0 Å². The summed E-state index contributed by atoms with van der Waals surface area (Å²) in [6.45, 7) is 6.15. The van der Waals surface area contributed by atoms with Crippen molar-refractivity contribution in [1.29, 1.82) is 0 Å². The van der Waals surface area contributed by atoms with E-state index in [1.807, 2.05) is 73.7 Å². The van der Waals surface area contributed by atoms with Crippen LogP contribution in [0.3, 0.4) is 0 Å². The zero-order valence-electron chi connectivity index (χ0n) is 13.7. The summed E-state index contributed by atoms with van der Waals surface area (Å²) in [5.74, 6) is 3.21. The minimum absolute atomic E-state index is 0.765. The highest BCUT2D eigenvalue weighted by Gasteiger charge is 2.05. The Hall–Kier alpha value is -2.74. The fraction of sp³-hybridized carbons (Fsp3) is 0.143. The minimum atomic E-state index is 0.765. The highest BCUT2D eigenvalue weighted by molar-refractivity contribution is 5.44. The number of hydrogen-bond donors (Lipinski definition) is 0. The Kier molecular flexibility index (Phi) is 4.33. The summed E-state index contributed by atoms with van der Waals surface area (Å²) in [7, 11) is 0. The molecule has 0 bridgehead atoms. The standard InChI is InChI=1S/C21H20O2/c1-15-4-9-18(10-5-15)22-20-13-8-17(3)21(14-20)23-19-11-6-16(2)7-12-19/h4-14H,1-3H3. The fourth-order valence-electron chi connectivity index (χ4n) is 2.23. The third-order valence-electron chi connectivity index (χ3n) is 3.67. The predicted molar refractivity (Wildman–Crippen MR) is 93.7 cm³/mol. The van der Waals surface area contributed by atoms with Gasteiger partial charge in [-0.2, -0.15) is 0 Å². The third kappa shape index (κ3) is 3.92. The number of rotatable bonds is 4. The first-order valence-corrected chi connectivity index (χ1v) is 7.70. The van der Waals surface area contributed by atoms with E-state index in [0.717, 1.165) is 28.6 Å². The third-order valence-corrected chi connectivity index (χ3v) is 3.67. The maximum atomic E-state index is 5.98. The van der Waals surface area contributed by atoms with Gasteiger partial charge in [-0.1, -0.05) is 41.5 Å². The largest absolute Gasteiger partial charge is 0.457 e. The van der Waals surface area contributed by atoms with Gasteiger partial charge in [0.25, 0.3) is 0 Å². The molecular weight excluding hydrogens is 284 g/mol. The van der Waals surface area contributed by atoms with Crippen LogP contribution >= 0.6 is 0 Å². The molecule has 0 amide bonds. The lowest BCUT2D eigenvalue weighted by Gasteiger charge is -2.12. The Morgan fingerprint density at radius 3 is 1.57 bits per heavy atom. The smallest absolute Gasteiger partial charge is 0.134 e. The Morgan fingerprint density at radius 1 is 0.522 bits per heavy atom. The molecule has 2 nitrogen and oxygen atoms in total. The zero-order chi connectivity index (χ0) is 16.2. The average Bonchev–Trinajstić information content (AvgIpc) is 2.55. The molecule has 116 valence electrons. The molecule has 0 aliphatic heterocycles. The highest BCUT2D eigenvalue weighted by Crippen LogP contribution is 2.31. The Bertz CT molecular complexity index is 787. The van der Waals surface area contributed by atoms with Gasteiger partial charge in [0.15, 0.2) is 0 Å². The van der Waals surface area contributed by atoms with Crippen molar-refractivity contribution in [3.05, 3.63) is 83.4 Å². The molecule has 0 saturated carbocycles. The highest BCUT2D eigenvalue weighted by atomic mass is 16.5. The van der Waals surface area contributed by atoms with Crippen molar-refractivity contribution in [2.45, 2.75) is 20.8 Å². The maximum absolute atomic E-state index is 5.98. The van der Waals surface area contributed by atoms with Crippen LogP contribution in [0.15, 0.2) is 66.7 Å². The molecule has 2 heteroatoms. The summed E-state index contributed by atoms with van der Waals surface area (Å²) in [6, 6.07) is 21.9. The first kappa shape index (κ1) is 15.2. The predicted octanol–water partition coefficient (Wildman–Crippen LogP) is 6.20. The average molecular weight is 304 g/mol. The molecule has 0 spiro atoms. The van der Waals surface area contributed by atoms with E-state index in [1.54, 1.807) is 0 Å². The Labute approximate surface area is 137 Å². The molecular formula is C21H20O2. The van der Waals surface area contributed by atoms with Crippen LogP contribution in [-0.2, 0) is 0 Å². The lowest BCUT2D eigenvalue weighted by molar-refractivity contribution is 0.458. The van der Waals surface area contributed by atoms with Crippen molar-refractivity contribution in [1.82, 2.24) is 0 Å². The molecule has 0 unspecified atom stereocenters. The van der Waals surface area contributed by atoms with Crippen molar-refractivity contribution in [2.75, 3.05) is 0 Å². The van der Waals surface area contributed by atoms with Crippen LogP contribution in [0.1, 0.15) is 16.7 Å². The van der Waals surface area contributed by atoms with E-state index in [0.29, 0.717) is 0 Å². The van der Waals surface area contributed by atoms with Gasteiger partial charge in [0.1, 0.15) is 23.0 Å². The van der Waals surface area contributed by atoms with Crippen molar-refractivity contribution in [3.63, 3.8) is 0 Å². The van der Waals surface area contributed by atoms with E-state index in [1.165, 1.54) is 11.1 Å². The fourth-order valence-corrected chi connectivity index (χ4v) is 2.23. The normalized spacial score (nSPS) is 10.4. The maximum Gasteiger partial charge on any atom is 0.134 e. The second-order valence-electron chi connectivity index (χ2n) is 5.76. The van der Waals surface area contributed by atoms with Crippen molar-refractivity contribution in [3.8, 4) is 23.0 Å². The molecule has 3 aromatic carbocycles. The summed E-state index contributed by atoms with van der Waals surface area (Å²) in [5, 5.41) is 0. The van der Waals surface area contributed by atoms with Crippen LogP contribution in [0.5, 0.6) is 23.0 Å². The van der Waals surface area contributed by atoms with Gasteiger partial charge in [-0.25, -0.2) is 0 Å². The zero-order valence-corrected chi connectivity index (χ0v) is 13.7. The molecule has 0 radical (unpaired) electrons. The van der Waals surface area contributed by atoms with Crippen LogP contribution in [0, 0.1) is 20.8 Å². The molecule has 0 fully saturated rings. The summed E-state index contributed by atoms with van der Waals surface area (Å²) >= 11 is 0. The molecule has 23 heavy (non-hydrogen) atoms. The Morgan fingerprint density at radius 2 is 1.00 bits per heavy atom. The lowest BCUT2D eigenvalue weighted by Crippen LogP contribution is -1.90. The summed E-state index contributed by atoms with van der Waals surface area (Å²) in [5.41, 5.74) is 3.50. The summed E-state index contributed by atoms with van der Waals surface area (Å²) in [4.78, 5) is 0. The number of ether oxygens (including phenoxy) is 2. The van der Waals surface area contributed by atoms with Crippen LogP contribution in [0.2, 0.25) is 0 Å². The van der Waals surface area contributed by atoms with Crippen molar-refractivity contribution < 1.29 is 9.47 Å². The van der Waals surface area contributed by atoms with Crippen LogP contribution in [0.4, 0.5) is 0 Å². The monoisotopic (exact) mass is 304 g/mol. The van der Waals surface area contributed by atoms with E-state index in [-0.39, 0.29) is 0 Å². The van der Waals surface area contributed by atoms with Crippen LogP contribution in [-0.4, -0.2) is 0 Å². The molecule has 3 aromatic rings. The van der Waals surface area contributed by atoms with Gasteiger partial charge >= 0.3 is 0 Å². The minimum Gasteiger partial charge on any atom is -0.457 e. The van der Waals surface area contributed by atoms with Gasteiger partial charge < -0.3 is 9.47 Å². The van der Waals surface area contributed by atoms with Gasteiger partial charge in [-0.05, 0) is 56.7 Å². The molecule has 3 rings (SSSR count). The van der Waals surface area contributed by atoms with E-state index in [4.69, 9.17) is 9.47 Å². The van der Waals surface area contributed by atoms with Gasteiger partial charge in [0.2, 0.25) is 0 Å². The molecule has 0 heterocycles. The van der Waals surface area contributed by atoms with E-state index < -0.39 is 0 Å². The lowest BCUT2D eigenvalue weighted by atomic mass is 10.2. The molecule has 0 aromatic heterocycles. The summed E-state index contributed by atoms with van der Waals surface area (Å²) in [6.07, 6.45) is 0. The molecule has 0 atom stereocenters. The van der Waals surface area contributed by atoms with Crippen molar-refractivity contribution >= 4 is 0 Å². The second-order valence-corrected chi connectivity index (χ2v) is 5.76. The van der Waals surface area contributed by atoms with Crippen LogP contribution < -0.4 is 9.47 Å². The van der Waals surface area contributed by atoms with Crippen LogP contribution in [0.25, 0.3) is 0 Å². The molecule has 0 aliphatic carbocycles. The molecule has 0 saturated heterocycles. The SMILES string of the molecule is Cc1ccc(Oc2ccc(C)c(Oc3ccc(C)cc3)c2)cc1. The van der Waals surface area contributed by atoms with Gasteiger partial charge in [-0.3, -0.25) is 0 Å². The van der Waals surface area contributed by atoms with E-state index in [9.17, 15) is 0 Å². The quantitative estimate of drug-likeness (QED) is 0.571. The molecule has 0 N–H and O–H groups in total. The first-order valence-electron chi connectivity index (χ1n) is 7.70. The molecule has 0 aliphatic rings. The van der Waals surface area contributed by atoms with Crippen molar-refractivity contribution in [2.24, 2.45) is 0 Å².